The third-order valence-electron chi connectivity index (χ3n) is 3.27. The first-order valence-electron chi connectivity index (χ1n) is 6.56. The third-order valence-corrected chi connectivity index (χ3v) is 3.27. The first kappa shape index (κ1) is 12.4. The van der Waals surface area contributed by atoms with Crippen LogP contribution in [-0.4, -0.2) is 6.21 Å². The number of allylic oxidation sites excluding steroid dienone is 2. The largest absolute Gasteiger partial charge is 0.456 e. The van der Waals surface area contributed by atoms with Crippen molar-refractivity contribution in [1.29, 1.82) is 0 Å². The van der Waals surface area contributed by atoms with Gasteiger partial charge < -0.3 is 4.42 Å². The average Bonchev–Trinajstić information content (AvgIpc) is 2.86. The van der Waals surface area contributed by atoms with Gasteiger partial charge in [0.25, 0.3) is 0 Å². The monoisotopic (exact) mass is 261 g/mol. The zero-order valence-corrected chi connectivity index (χ0v) is 11.3. The van der Waals surface area contributed by atoms with Crippen LogP contribution in [0.3, 0.4) is 0 Å². The van der Waals surface area contributed by atoms with Crippen LogP contribution in [0.1, 0.15) is 12.5 Å². The zero-order chi connectivity index (χ0) is 13.9. The quantitative estimate of drug-likeness (QED) is 0.595. The van der Waals surface area contributed by atoms with E-state index in [1.165, 1.54) is 0 Å². The van der Waals surface area contributed by atoms with Crippen LogP contribution >= 0.6 is 0 Å². The lowest BCUT2D eigenvalue weighted by Crippen LogP contribution is -1.81. The molecule has 0 fully saturated rings. The zero-order valence-electron chi connectivity index (χ0n) is 11.3. The van der Waals surface area contributed by atoms with Gasteiger partial charge in [0.2, 0.25) is 0 Å². The first-order chi connectivity index (χ1) is 9.83. The molecule has 2 heteroatoms. The second kappa shape index (κ2) is 5.17. The van der Waals surface area contributed by atoms with Crippen LogP contribution in [0.25, 0.3) is 27.6 Å². The molecule has 0 unspecified atom stereocenters. The lowest BCUT2D eigenvalue weighted by Gasteiger charge is -2.00. The molecule has 0 saturated carbocycles. The summed E-state index contributed by atoms with van der Waals surface area (Å²) >= 11 is 0. The number of furan rings is 1. The van der Waals surface area contributed by atoms with Crippen LogP contribution in [0.5, 0.6) is 0 Å². The summed E-state index contributed by atoms with van der Waals surface area (Å²) in [5, 5.41) is 2.28. The van der Waals surface area contributed by atoms with Gasteiger partial charge in [-0.2, -0.15) is 0 Å². The first-order valence-corrected chi connectivity index (χ1v) is 6.56. The van der Waals surface area contributed by atoms with Crippen LogP contribution in [0, 0.1) is 0 Å². The second-order valence-electron chi connectivity index (χ2n) is 4.50. The number of para-hydroxylation sites is 1. The van der Waals surface area contributed by atoms with Gasteiger partial charge in [-0.3, -0.25) is 4.99 Å². The number of benzene rings is 2. The van der Waals surface area contributed by atoms with Gasteiger partial charge >= 0.3 is 0 Å². The predicted molar refractivity (Wildman–Crippen MR) is 86.1 cm³/mol. The SMILES string of the molecule is C=CC=N/C(=C\C)c1ccc2c(c1)oc1ccccc12. The molecule has 0 atom stereocenters. The Balaban J connectivity index is 2.17. The van der Waals surface area contributed by atoms with Crippen molar-refractivity contribution in [3.8, 4) is 0 Å². The maximum atomic E-state index is 5.89. The fourth-order valence-electron chi connectivity index (χ4n) is 2.33. The van der Waals surface area contributed by atoms with Gasteiger partial charge in [-0.15, -0.1) is 0 Å². The van der Waals surface area contributed by atoms with E-state index < -0.39 is 0 Å². The number of hydrogen-bond acceptors (Lipinski definition) is 2. The molecular formula is C18H15NO. The Morgan fingerprint density at radius 3 is 2.70 bits per heavy atom. The van der Waals surface area contributed by atoms with Gasteiger partial charge in [0.1, 0.15) is 11.2 Å². The molecule has 1 aromatic heterocycles. The van der Waals surface area contributed by atoms with Crippen LogP contribution in [0.2, 0.25) is 0 Å². The van der Waals surface area contributed by atoms with E-state index in [2.05, 4.69) is 29.8 Å². The Hall–Kier alpha value is -2.61. The number of rotatable bonds is 3. The summed E-state index contributed by atoms with van der Waals surface area (Å²) < 4.78 is 5.89. The highest BCUT2D eigenvalue weighted by Gasteiger charge is 2.08. The summed E-state index contributed by atoms with van der Waals surface area (Å²) in [5.41, 5.74) is 3.75. The molecule has 0 aliphatic carbocycles. The molecule has 0 aliphatic rings. The minimum absolute atomic E-state index is 0.886. The summed E-state index contributed by atoms with van der Waals surface area (Å²) in [6.45, 7) is 5.62. The molecule has 0 spiro atoms. The molecule has 0 amide bonds. The topological polar surface area (TPSA) is 25.5 Å². The number of nitrogens with zero attached hydrogens (tertiary/aromatic N) is 1. The van der Waals surface area contributed by atoms with Crippen LogP contribution < -0.4 is 0 Å². The Labute approximate surface area is 117 Å². The van der Waals surface area contributed by atoms with Gasteiger partial charge in [0.15, 0.2) is 0 Å². The molecule has 2 aromatic carbocycles. The van der Waals surface area contributed by atoms with Gasteiger partial charge in [0.05, 0.1) is 5.70 Å². The molecule has 3 aromatic rings. The molecule has 0 saturated heterocycles. The highest BCUT2D eigenvalue weighted by Crippen LogP contribution is 2.30. The van der Waals surface area contributed by atoms with E-state index in [1.54, 1.807) is 12.3 Å². The van der Waals surface area contributed by atoms with Crippen molar-refractivity contribution < 1.29 is 4.42 Å². The summed E-state index contributed by atoms with van der Waals surface area (Å²) in [4.78, 5) is 4.37. The highest BCUT2D eigenvalue weighted by molar-refractivity contribution is 6.05. The molecule has 2 nitrogen and oxygen atoms in total. The van der Waals surface area contributed by atoms with Crippen LogP contribution in [0.4, 0.5) is 0 Å². The molecule has 0 bridgehead atoms. The van der Waals surface area contributed by atoms with E-state index in [4.69, 9.17) is 4.42 Å². The van der Waals surface area contributed by atoms with E-state index in [1.807, 2.05) is 37.3 Å². The number of hydrogen-bond donors (Lipinski definition) is 0. The van der Waals surface area contributed by atoms with Crippen molar-refractivity contribution in [3.05, 3.63) is 66.8 Å². The molecule has 1 heterocycles. The van der Waals surface area contributed by atoms with Gasteiger partial charge in [-0.1, -0.05) is 43.0 Å². The van der Waals surface area contributed by atoms with Crippen molar-refractivity contribution >= 4 is 33.9 Å². The lowest BCUT2D eigenvalue weighted by molar-refractivity contribution is 0.669. The lowest BCUT2D eigenvalue weighted by atomic mass is 10.1. The molecular weight excluding hydrogens is 246 g/mol. The Kier molecular flexibility index (Phi) is 3.21. The minimum Gasteiger partial charge on any atom is -0.456 e. The second-order valence-corrected chi connectivity index (χ2v) is 4.50. The maximum Gasteiger partial charge on any atom is 0.136 e. The standard InChI is InChI=1S/C18H15NO/c1-3-11-19-16(4-2)13-9-10-15-14-7-5-6-8-17(14)20-18(15)12-13/h3-12H,1H2,2H3/b16-4-,19-11?. The summed E-state index contributed by atoms with van der Waals surface area (Å²) in [6.07, 6.45) is 5.34. The summed E-state index contributed by atoms with van der Waals surface area (Å²) in [6, 6.07) is 14.3. The molecule has 3 rings (SSSR count). The minimum atomic E-state index is 0.886. The van der Waals surface area contributed by atoms with Crippen molar-refractivity contribution in [1.82, 2.24) is 0 Å². The third kappa shape index (κ3) is 2.05. The molecule has 20 heavy (non-hydrogen) atoms. The van der Waals surface area contributed by atoms with Crippen LogP contribution in [-0.2, 0) is 0 Å². The fourth-order valence-corrected chi connectivity index (χ4v) is 2.33. The number of aliphatic imine (C=N–C) groups is 1. The van der Waals surface area contributed by atoms with Crippen molar-refractivity contribution in [2.24, 2.45) is 4.99 Å². The summed E-state index contributed by atoms with van der Waals surface area (Å²) in [5.74, 6) is 0. The molecule has 0 N–H and O–H groups in total. The van der Waals surface area contributed by atoms with E-state index in [0.717, 1.165) is 33.2 Å². The van der Waals surface area contributed by atoms with Crippen molar-refractivity contribution in [3.63, 3.8) is 0 Å². The highest BCUT2D eigenvalue weighted by atomic mass is 16.3. The molecule has 98 valence electrons. The van der Waals surface area contributed by atoms with Crippen LogP contribution in [0.15, 0.2) is 70.6 Å². The molecule has 0 aliphatic heterocycles. The van der Waals surface area contributed by atoms with E-state index in [9.17, 15) is 0 Å². The van der Waals surface area contributed by atoms with E-state index in [0.29, 0.717) is 0 Å². The Bertz CT molecular complexity index is 837. The normalized spacial score (nSPS) is 12.6. The Morgan fingerprint density at radius 2 is 1.90 bits per heavy atom. The maximum absolute atomic E-state index is 5.89. The van der Waals surface area contributed by atoms with E-state index >= 15 is 0 Å². The number of fused-ring (bicyclic) bond motifs is 3. The van der Waals surface area contributed by atoms with Gasteiger partial charge in [0, 0.05) is 22.6 Å². The van der Waals surface area contributed by atoms with Crippen molar-refractivity contribution in [2.75, 3.05) is 0 Å². The van der Waals surface area contributed by atoms with Crippen molar-refractivity contribution in [2.45, 2.75) is 6.92 Å². The molecule has 0 radical (unpaired) electrons. The Morgan fingerprint density at radius 1 is 1.10 bits per heavy atom. The van der Waals surface area contributed by atoms with Gasteiger partial charge in [-0.25, -0.2) is 0 Å². The predicted octanol–water partition coefficient (Wildman–Crippen LogP) is 5.20. The summed E-state index contributed by atoms with van der Waals surface area (Å²) in [7, 11) is 0. The fraction of sp³-hybridized carbons (Fsp3) is 0.0556. The van der Waals surface area contributed by atoms with E-state index in [-0.39, 0.29) is 0 Å². The average molecular weight is 261 g/mol. The smallest absolute Gasteiger partial charge is 0.136 e. The van der Waals surface area contributed by atoms with Gasteiger partial charge in [-0.05, 0) is 25.1 Å².